The van der Waals surface area contributed by atoms with E-state index in [1.165, 1.54) is 17.7 Å². The van der Waals surface area contributed by atoms with Crippen LogP contribution >= 0.6 is 11.6 Å². The molecule has 8 nitrogen and oxygen atoms in total. The first kappa shape index (κ1) is 22.4. The Morgan fingerprint density at radius 1 is 1.09 bits per heavy atom. The number of nitro benzene ring substituents is 1. The Labute approximate surface area is 195 Å². The highest BCUT2D eigenvalue weighted by Gasteiger charge is 2.17. The number of nitrogens with zero attached hydrogens (tertiary/aromatic N) is 4. The minimum atomic E-state index is -0.620. The second-order valence-electron chi connectivity index (χ2n) is 7.79. The van der Waals surface area contributed by atoms with Crippen LogP contribution in [0.2, 0.25) is 5.02 Å². The molecule has 168 valence electrons. The molecule has 3 aromatic carbocycles. The lowest BCUT2D eigenvalue weighted by atomic mass is 10.1. The zero-order valence-electron chi connectivity index (χ0n) is 18.2. The number of carbonyl (C=O) groups excluding carboxylic acids is 1. The third-order valence-corrected chi connectivity index (χ3v) is 5.69. The molecule has 0 fully saturated rings. The Bertz CT molecular complexity index is 1350. The molecule has 4 aromatic rings. The maximum Gasteiger partial charge on any atom is 0.288 e. The zero-order valence-corrected chi connectivity index (χ0v) is 19.0. The Morgan fingerprint density at radius 3 is 2.45 bits per heavy atom. The Kier molecular flexibility index (Phi) is 6.37. The van der Waals surface area contributed by atoms with Crippen LogP contribution in [0.5, 0.6) is 0 Å². The minimum absolute atomic E-state index is 0.0239. The highest BCUT2D eigenvalue weighted by atomic mass is 35.5. The van der Waals surface area contributed by atoms with Crippen molar-refractivity contribution in [3.63, 3.8) is 0 Å². The number of benzene rings is 3. The van der Waals surface area contributed by atoms with Crippen LogP contribution in [0, 0.1) is 17.0 Å². The number of hydrogen-bond donors (Lipinski definition) is 1. The first-order chi connectivity index (χ1) is 15.9. The zero-order chi connectivity index (χ0) is 23.5. The summed E-state index contributed by atoms with van der Waals surface area (Å²) in [6.07, 6.45) is 3.35. The molecule has 9 heteroatoms. The predicted molar refractivity (Wildman–Crippen MR) is 128 cm³/mol. The van der Waals surface area contributed by atoms with E-state index in [-0.39, 0.29) is 16.3 Å². The summed E-state index contributed by atoms with van der Waals surface area (Å²) < 4.78 is 0. The van der Waals surface area contributed by atoms with Gasteiger partial charge in [0, 0.05) is 17.3 Å². The van der Waals surface area contributed by atoms with Gasteiger partial charge >= 0.3 is 0 Å². The minimum Gasteiger partial charge on any atom is -0.322 e. The summed E-state index contributed by atoms with van der Waals surface area (Å²) in [5.74, 6) is -0.479. The van der Waals surface area contributed by atoms with Gasteiger partial charge in [-0.1, -0.05) is 37.1 Å². The number of aryl methyl sites for hydroxylation is 2. The Morgan fingerprint density at radius 2 is 1.79 bits per heavy atom. The van der Waals surface area contributed by atoms with E-state index in [9.17, 15) is 14.9 Å². The fraction of sp³-hybridized carbons (Fsp3) is 0.208. The van der Waals surface area contributed by atoms with Gasteiger partial charge in [-0.25, -0.2) is 0 Å². The maximum atomic E-state index is 12.7. The van der Waals surface area contributed by atoms with Gasteiger partial charge < -0.3 is 5.32 Å². The van der Waals surface area contributed by atoms with Gasteiger partial charge in [0.2, 0.25) is 0 Å². The van der Waals surface area contributed by atoms with Crippen molar-refractivity contribution in [2.24, 2.45) is 0 Å². The first-order valence-electron chi connectivity index (χ1n) is 10.6. The molecule has 0 aliphatic rings. The summed E-state index contributed by atoms with van der Waals surface area (Å²) in [5.41, 5.74) is 4.60. The van der Waals surface area contributed by atoms with E-state index in [0.29, 0.717) is 16.7 Å². The largest absolute Gasteiger partial charge is 0.322 e. The van der Waals surface area contributed by atoms with E-state index in [4.69, 9.17) is 11.6 Å². The monoisotopic (exact) mass is 463 g/mol. The fourth-order valence-corrected chi connectivity index (χ4v) is 3.67. The summed E-state index contributed by atoms with van der Waals surface area (Å²) in [5, 5.41) is 23.0. The van der Waals surface area contributed by atoms with Crippen LogP contribution in [0.3, 0.4) is 0 Å². The number of fused-ring (bicyclic) bond motifs is 1. The lowest BCUT2D eigenvalue weighted by molar-refractivity contribution is -0.384. The van der Waals surface area contributed by atoms with Crippen molar-refractivity contribution in [2.75, 3.05) is 5.32 Å². The summed E-state index contributed by atoms with van der Waals surface area (Å²) in [7, 11) is 0. The van der Waals surface area contributed by atoms with E-state index in [0.717, 1.165) is 36.6 Å². The van der Waals surface area contributed by atoms with Gasteiger partial charge in [0.05, 0.1) is 10.6 Å². The van der Waals surface area contributed by atoms with Crippen molar-refractivity contribution in [3.05, 3.63) is 86.4 Å². The molecule has 1 N–H and O–H groups in total. The number of halogens is 1. The number of hydrogen-bond acceptors (Lipinski definition) is 5. The topological polar surface area (TPSA) is 103 Å². The van der Waals surface area contributed by atoms with Crippen LogP contribution in [0.1, 0.15) is 41.3 Å². The van der Waals surface area contributed by atoms with Gasteiger partial charge in [-0.05, 0) is 67.3 Å². The molecule has 0 saturated heterocycles. The second-order valence-corrected chi connectivity index (χ2v) is 8.20. The Hall–Kier alpha value is -3.78. The predicted octanol–water partition coefficient (Wildman–Crippen LogP) is 5.89. The molecule has 0 radical (unpaired) electrons. The van der Waals surface area contributed by atoms with Crippen LogP contribution in [-0.4, -0.2) is 25.8 Å². The molecule has 33 heavy (non-hydrogen) atoms. The number of amides is 1. The highest BCUT2D eigenvalue weighted by molar-refractivity contribution is 6.32. The Balaban J connectivity index is 1.58. The molecule has 0 bridgehead atoms. The quantitative estimate of drug-likeness (QED) is 0.272. The number of nitrogens with one attached hydrogen (secondary N) is 1. The summed E-state index contributed by atoms with van der Waals surface area (Å²) >= 11 is 5.84. The molecule has 0 aliphatic heterocycles. The second kappa shape index (κ2) is 9.38. The van der Waals surface area contributed by atoms with E-state index < -0.39 is 10.8 Å². The number of anilines is 1. The van der Waals surface area contributed by atoms with Crippen molar-refractivity contribution in [2.45, 2.75) is 33.1 Å². The fourth-order valence-electron chi connectivity index (χ4n) is 3.48. The van der Waals surface area contributed by atoms with E-state index in [2.05, 4.69) is 34.6 Å². The first-order valence-corrected chi connectivity index (χ1v) is 11.0. The molecular formula is C24H22ClN5O3. The van der Waals surface area contributed by atoms with E-state index >= 15 is 0 Å². The summed E-state index contributed by atoms with van der Waals surface area (Å²) in [4.78, 5) is 24.8. The molecule has 1 amide bonds. The molecule has 0 atom stereocenters. The maximum absolute atomic E-state index is 12.7. The van der Waals surface area contributed by atoms with Crippen molar-refractivity contribution < 1.29 is 9.72 Å². The highest BCUT2D eigenvalue weighted by Crippen LogP contribution is 2.27. The van der Waals surface area contributed by atoms with Gasteiger partial charge in [0.1, 0.15) is 16.1 Å². The average Bonchev–Trinajstić information content (AvgIpc) is 3.21. The molecule has 0 spiro atoms. The van der Waals surface area contributed by atoms with Gasteiger partial charge in [0.15, 0.2) is 0 Å². The standard InChI is InChI=1S/C24H22ClN5O3/c1-3-4-5-16-6-9-18(10-7-16)29-27-21-12-15(2)20(14-22(21)28-29)26-24(31)17-8-11-19(25)23(13-17)30(32)33/h6-14H,3-5H2,1-2H3,(H,26,31). The molecule has 1 aromatic heterocycles. The van der Waals surface area contributed by atoms with Crippen LogP contribution in [0.15, 0.2) is 54.6 Å². The molecule has 0 saturated carbocycles. The number of aromatic nitrogens is 3. The number of nitro groups is 1. The summed E-state index contributed by atoms with van der Waals surface area (Å²) in [6, 6.07) is 15.7. The normalized spacial score (nSPS) is 11.0. The van der Waals surface area contributed by atoms with Crippen molar-refractivity contribution in [3.8, 4) is 5.69 Å². The average molecular weight is 464 g/mol. The molecule has 1 heterocycles. The van der Waals surface area contributed by atoms with Crippen LogP contribution in [0.25, 0.3) is 16.7 Å². The number of rotatable bonds is 7. The van der Waals surface area contributed by atoms with Gasteiger partial charge in [-0.3, -0.25) is 14.9 Å². The van der Waals surface area contributed by atoms with Gasteiger partial charge in [-0.15, -0.1) is 10.2 Å². The van der Waals surface area contributed by atoms with Gasteiger partial charge in [-0.2, -0.15) is 4.80 Å². The lowest BCUT2D eigenvalue weighted by Crippen LogP contribution is -2.13. The third kappa shape index (κ3) is 4.85. The smallest absolute Gasteiger partial charge is 0.288 e. The van der Waals surface area contributed by atoms with E-state index in [1.54, 1.807) is 10.9 Å². The SMILES string of the molecule is CCCCc1ccc(-n2nc3cc(C)c(NC(=O)c4ccc(Cl)c([N+](=O)[O-])c4)cc3n2)cc1. The third-order valence-electron chi connectivity index (χ3n) is 5.37. The van der Waals surface area contributed by atoms with E-state index in [1.807, 2.05) is 25.1 Å². The van der Waals surface area contributed by atoms with Crippen molar-refractivity contribution in [1.82, 2.24) is 15.0 Å². The van der Waals surface area contributed by atoms with Crippen molar-refractivity contribution in [1.29, 1.82) is 0 Å². The lowest BCUT2D eigenvalue weighted by Gasteiger charge is -2.08. The number of unbranched alkanes of at least 4 members (excludes halogenated alkanes) is 1. The summed E-state index contributed by atoms with van der Waals surface area (Å²) in [6.45, 7) is 4.02. The van der Waals surface area contributed by atoms with Crippen molar-refractivity contribution >= 4 is 39.9 Å². The molecule has 0 unspecified atom stereocenters. The van der Waals surface area contributed by atoms with Crippen LogP contribution < -0.4 is 5.32 Å². The van der Waals surface area contributed by atoms with Crippen LogP contribution in [-0.2, 0) is 6.42 Å². The number of carbonyl (C=O) groups is 1. The molecule has 4 rings (SSSR count). The van der Waals surface area contributed by atoms with Gasteiger partial charge in [0.25, 0.3) is 11.6 Å². The van der Waals surface area contributed by atoms with Crippen LogP contribution in [0.4, 0.5) is 11.4 Å². The molecular weight excluding hydrogens is 442 g/mol. The molecule has 0 aliphatic carbocycles.